The third kappa shape index (κ3) is 1.75. The molecule has 1 unspecified atom stereocenters. The van der Waals surface area contributed by atoms with Crippen LogP contribution in [0.2, 0.25) is 0 Å². The molecule has 0 amide bonds. The molecule has 1 atom stereocenters. The maximum absolute atomic E-state index is 11.1. The van der Waals surface area contributed by atoms with Gasteiger partial charge in [0.25, 0.3) is 0 Å². The van der Waals surface area contributed by atoms with Gasteiger partial charge in [0.2, 0.25) is 0 Å². The average Bonchev–Trinajstić information content (AvgIpc) is 2.88. The molecule has 100 valence electrons. The Bertz CT molecular complexity index is 642. The van der Waals surface area contributed by atoms with E-state index in [9.17, 15) is 10.4 Å². The number of fused-ring (bicyclic) bond motifs is 1. The predicted molar refractivity (Wildman–Crippen MR) is 77.9 cm³/mol. The van der Waals surface area contributed by atoms with Crippen LogP contribution in [0.25, 0.3) is 0 Å². The summed E-state index contributed by atoms with van der Waals surface area (Å²) < 4.78 is 0. The van der Waals surface area contributed by atoms with Crippen molar-refractivity contribution >= 4 is 0 Å². The first kappa shape index (κ1) is 12.9. The van der Waals surface area contributed by atoms with Gasteiger partial charge in [0.05, 0.1) is 11.5 Å². The van der Waals surface area contributed by atoms with Gasteiger partial charge >= 0.3 is 0 Å². The summed E-state index contributed by atoms with van der Waals surface area (Å²) in [6.45, 7) is 1.76. The highest BCUT2D eigenvalue weighted by Gasteiger charge is 2.52. The lowest BCUT2D eigenvalue weighted by molar-refractivity contribution is -0.0405. The van der Waals surface area contributed by atoms with Crippen LogP contribution in [0.3, 0.4) is 0 Å². The van der Waals surface area contributed by atoms with Crippen molar-refractivity contribution < 1.29 is 5.11 Å². The molecule has 20 heavy (non-hydrogen) atoms. The Morgan fingerprint density at radius 1 is 1.00 bits per heavy atom. The molecule has 0 radical (unpaired) electrons. The van der Waals surface area contributed by atoms with Gasteiger partial charge in [0, 0.05) is 0 Å². The fourth-order valence-corrected chi connectivity index (χ4v) is 3.19. The van der Waals surface area contributed by atoms with Gasteiger partial charge in [-0.3, -0.25) is 0 Å². The Hall–Kier alpha value is -2.11. The van der Waals surface area contributed by atoms with Crippen LogP contribution in [0.1, 0.15) is 23.6 Å². The summed E-state index contributed by atoms with van der Waals surface area (Å²) in [4.78, 5) is 0. The Labute approximate surface area is 119 Å². The lowest BCUT2D eigenvalue weighted by atomic mass is 9.68. The zero-order valence-corrected chi connectivity index (χ0v) is 11.5. The van der Waals surface area contributed by atoms with Gasteiger partial charge in [0.15, 0.2) is 0 Å². The maximum Gasteiger partial charge on any atom is 0.106 e. The van der Waals surface area contributed by atoms with Crippen LogP contribution < -0.4 is 0 Å². The summed E-state index contributed by atoms with van der Waals surface area (Å²) >= 11 is 0. The van der Waals surface area contributed by atoms with Crippen LogP contribution in [-0.2, 0) is 18.4 Å². The number of hydrogen-bond acceptors (Lipinski definition) is 2. The molecular formula is C18H17NO. The molecular weight excluding hydrogens is 246 g/mol. The van der Waals surface area contributed by atoms with Crippen molar-refractivity contribution in [2.24, 2.45) is 5.41 Å². The largest absolute Gasteiger partial charge is 0.384 e. The molecule has 0 fully saturated rings. The molecule has 3 rings (SSSR count). The first-order chi connectivity index (χ1) is 9.59. The number of benzene rings is 2. The van der Waals surface area contributed by atoms with Gasteiger partial charge in [-0.05, 0) is 36.5 Å². The SMILES string of the molecule is CC(O)(c1ccccc1)C1(C#N)Cc2ccccc2C1. The van der Waals surface area contributed by atoms with Crippen molar-refractivity contribution in [2.75, 3.05) is 0 Å². The van der Waals surface area contributed by atoms with E-state index in [-0.39, 0.29) is 0 Å². The standard InChI is InChI=1S/C18H17NO/c1-17(20,16-9-3-2-4-10-16)18(13-19)11-14-7-5-6-8-15(14)12-18/h2-10,20H,11-12H2,1H3. The molecule has 1 aliphatic carbocycles. The third-order valence-electron chi connectivity index (χ3n) is 4.58. The molecule has 2 aromatic carbocycles. The molecule has 0 saturated carbocycles. The summed E-state index contributed by atoms with van der Waals surface area (Å²) in [6.07, 6.45) is 1.20. The highest BCUT2D eigenvalue weighted by Crippen LogP contribution is 2.49. The van der Waals surface area contributed by atoms with Crippen molar-refractivity contribution in [1.29, 1.82) is 5.26 Å². The average molecular weight is 263 g/mol. The normalized spacial score (nSPS) is 18.9. The van der Waals surface area contributed by atoms with Crippen LogP contribution in [-0.4, -0.2) is 5.11 Å². The fourth-order valence-electron chi connectivity index (χ4n) is 3.19. The monoisotopic (exact) mass is 263 g/mol. The number of rotatable bonds is 2. The highest BCUT2D eigenvalue weighted by atomic mass is 16.3. The van der Waals surface area contributed by atoms with E-state index < -0.39 is 11.0 Å². The van der Waals surface area contributed by atoms with Crippen LogP contribution >= 0.6 is 0 Å². The molecule has 2 heteroatoms. The Morgan fingerprint density at radius 2 is 1.50 bits per heavy atom. The van der Waals surface area contributed by atoms with E-state index in [1.807, 2.05) is 42.5 Å². The van der Waals surface area contributed by atoms with Gasteiger partial charge in [-0.25, -0.2) is 0 Å². The van der Waals surface area contributed by atoms with Gasteiger partial charge in [-0.2, -0.15) is 5.26 Å². The number of nitrogens with zero attached hydrogens (tertiary/aromatic N) is 1. The maximum atomic E-state index is 11.1. The van der Waals surface area contributed by atoms with E-state index in [0.717, 1.165) is 5.56 Å². The molecule has 0 saturated heterocycles. The van der Waals surface area contributed by atoms with E-state index >= 15 is 0 Å². The summed E-state index contributed by atoms with van der Waals surface area (Å²) in [5, 5.41) is 20.9. The summed E-state index contributed by atoms with van der Waals surface area (Å²) in [6, 6.07) is 20.0. The minimum atomic E-state index is -1.16. The molecule has 0 aromatic heterocycles. The minimum absolute atomic E-state index is 0.599. The zero-order valence-electron chi connectivity index (χ0n) is 11.5. The van der Waals surface area contributed by atoms with Crippen molar-refractivity contribution in [3.63, 3.8) is 0 Å². The van der Waals surface area contributed by atoms with Gasteiger partial charge in [-0.1, -0.05) is 54.6 Å². The second kappa shape index (κ2) is 4.47. The molecule has 0 aliphatic heterocycles. The summed E-state index contributed by atoms with van der Waals surface area (Å²) in [5.74, 6) is 0. The van der Waals surface area contributed by atoms with Gasteiger partial charge in [0.1, 0.15) is 5.60 Å². The van der Waals surface area contributed by atoms with E-state index in [1.54, 1.807) is 6.92 Å². The van der Waals surface area contributed by atoms with Crippen LogP contribution in [0.15, 0.2) is 54.6 Å². The lowest BCUT2D eigenvalue weighted by Crippen LogP contribution is -2.43. The van der Waals surface area contributed by atoms with E-state index in [4.69, 9.17) is 0 Å². The third-order valence-corrected chi connectivity index (χ3v) is 4.58. The number of aliphatic hydroxyl groups is 1. The Balaban J connectivity index is 2.07. The van der Waals surface area contributed by atoms with Crippen molar-refractivity contribution in [3.05, 3.63) is 71.3 Å². The summed E-state index contributed by atoms with van der Waals surface area (Å²) in [7, 11) is 0. The Morgan fingerprint density at radius 3 is 2.00 bits per heavy atom. The van der Waals surface area contributed by atoms with Crippen LogP contribution in [0, 0.1) is 16.7 Å². The predicted octanol–water partition coefficient (Wildman–Crippen LogP) is 3.20. The van der Waals surface area contributed by atoms with E-state index in [0.29, 0.717) is 12.8 Å². The van der Waals surface area contributed by atoms with Crippen molar-refractivity contribution in [1.82, 2.24) is 0 Å². The quantitative estimate of drug-likeness (QED) is 0.904. The molecule has 1 aliphatic rings. The molecule has 2 aromatic rings. The number of nitriles is 1. The molecule has 0 bridgehead atoms. The van der Waals surface area contributed by atoms with E-state index in [2.05, 4.69) is 18.2 Å². The highest BCUT2D eigenvalue weighted by molar-refractivity contribution is 5.41. The van der Waals surface area contributed by atoms with E-state index in [1.165, 1.54) is 11.1 Å². The molecule has 2 nitrogen and oxygen atoms in total. The topological polar surface area (TPSA) is 44.0 Å². The van der Waals surface area contributed by atoms with Crippen LogP contribution in [0.5, 0.6) is 0 Å². The number of hydrogen-bond donors (Lipinski definition) is 1. The smallest absolute Gasteiger partial charge is 0.106 e. The van der Waals surface area contributed by atoms with Crippen molar-refractivity contribution in [3.8, 4) is 6.07 Å². The second-order valence-corrected chi connectivity index (χ2v) is 5.75. The zero-order chi connectivity index (χ0) is 14.2. The molecule has 0 heterocycles. The molecule has 1 N–H and O–H groups in total. The first-order valence-corrected chi connectivity index (χ1v) is 6.85. The lowest BCUT2D eigenvalue weighted by Gasteiger charge is -2.37. The van der Waals surface area contributed by atoms with Crippen molar-refractivity contribution in [2.45, 2.75) is 25.4 Å². The molecule has 0 spiro atoms. The van der Waals surface area contributed by atoms with Gasteiger partial charge in [-0.15, -0.1) is 0 Å². The minimum Gasteiger partial charge on any atom is -0.384 e. The second-order valence-electron chi connectivity index (χ2n) is 5.75. The fraction of sp³-hybridized carbons (Fsp3) is 0.278. The Kier molecular flexibility index (Phi) is 2.88. The van der Waals surface area contributed by atoms with Crippen LogP contribution in [0.4, 0.5) is 0 Å². The summed E-state index contributed by atoms with van der Waals surface area (Å²) in [5.41, 5.74) is 1.19. The first-order valence-electron chi connectivity index (χ1n) is 6.85. The van der Waals surface area contributed by atoms with Gasteiger partial charge < -0.3 is 5.11 Å².